The molecule has 0 saturated carbocycles. The molecule has 0 heterocycles. The van der Waals surface area contributed by atoms with Gasteiger partial charge in [-0.2, -0.15) is 0 Å². The van der Waals surface area contributed by atoms with E-state index in [0.717, 1.165) is 16.6 Å². The summed E-state index contributed by atoms with van der Waals surface area (Å²) in [4.78, 5) is 11.2. The van der Waals surface area contributed by atoms with Crippen LogP contribution in [-0.4, -0.2) is 28.8 Å². The zero-order valence-corrected chi connectivity index (χ0v) is 8.05. The Hall–Kier alpha value is -1.38. The average molecular weight is 175 g/mol. The van der Waals surface area contributed by atoms with E-state index in [4.69, 9.17) is 5.73 Å². The van der Waals surface area contributed by atoms with Crippen molar-refractivity contribution in [3.05, 3.63) is 17.7 Å². The summed E-state index contributed by atoms with van der Waals surface area (Å²) in [5, 5.41) is 0. The van der Waals surface area contributed by atoms with E-state index in [9.17, 15) is 4.79 Å². The van der Waals surface area contributed by atoms with E-state index in [1.54, 1.807) is 12.1 Å². The van der Waals surface area contributed by atoms with Crippen molar-refractivity contribution in [3.8, 4) is 0 Å². The number of carbonyl (C=O) groups excluding carboxylic acids is 1. The van der Waals surface area contributed by atoms with Gasteiger partial charge in [-0.15, -0.1) is 0 Å². The second-order valence-electron chi connectivity index (χ2n) is 3.02. The molecule has 0 atom stereocenters. The van der Waals surface area contributed by atoms with Gasteiger partial charge in [0.2, 0.25) is 0 Å². The number of nitrogens with two attached hydrogens (primary N) is 1. The van der Waals surface area contributed by atoms with Crippen molar-refractivity contribution in [3.63, 3.8) is 0 Å². The first-order valence-corrected chi connectivity index (χ1v) is 4.01. The molecule has 0 fully saturated rings. The highest BCUT2D eigenvalue weighted by Crippen LogP contribution is 2.00. The number of nitrogen functional groups attached to an aromatic ring is 1. The number of carbonyl (C=O) groups is 1. The van der Waals surface area contributed by atoms with Gasteiger partial charge < -0.3 is 10.5 Å². The average Bonchev–Trinajstić information content (AvgIpc) is 2.12. The second kappa shape index (κ2) is 3.56. The Bertz CT molecular complexity index is 329. The van der Waals surface area contributed by atoms with Crippen LogP contribution in [0.3, 0.4) is 0 Å². The number of hydrogen-bond donors (Lipinski definition) is 1. The molecule has 5 heteroatoms. The van der Waals surface area contributed by atoms with E-state index >= 15 is 0 Å². The fourth-order valence-corrected chi connectivity index (χ4v) is 1.21. The minimum absolute atomic E-state index is 0.328. The lowest BCUT2D eigenvalue weighted by Gasteiger charge is -2.07. The van der Waals surface area contributed by atoms with Gasteiger partial charge in [-0.1, -0.05) is 23.1 Å². The highest BCUT2D eigenvalue weighted by Gasteiger charge is 2.08. The van der Waals surface area contributed by atoms with Gasteiger partial charge in [0, 0.05) is 5.69 Å². The molecule has 0 aromatic heterocycles. The van der Waals surface area contributed by atoms with Gasteiger partial charge in [-0.25, -0.2) is 4.79 Å². The lowest BCUT2D eigenvalue weighted by atomic mass is 9.83. The molecular weight excluding hydrogens is 164 g/mol. The molecule has 0 aliphatic rings. The van der Waals surface area contributed by atoms with Crippen molar-refractivity contribution < 1.29 is 9.53 Å². The molecule has 0 aliphatic heterocycles. The van der Waals surface area contributed by atoms with Gasteiger partial charge in [-0.3, -0.25) is 0 Å². The highest BCUT2D eigenvalue weighted by molar-refractivity contribution is 6.44. The van der Waals surface area contributed by atoms with Crippen LogP contribution in [0.2, 0.25) is 0 Å². The van der Waals surface area contributed by atoms with Crippen molar-refractivity contribution in [2.45, 2.75) is 0 Å². The minimum Gasteiger partial charge on any atom is -0.465 e. The standard InChI is InChI=1S/C8H11B2NO2/c1-13-8(12)4-2-5(9)7(11)6(10)3-4/h2-3H,9-11H2,1H3. The number of methoxy groups -OCH3 is 1. The van der Waals surface area contributed by atoms with Crippen LogP contribution in [0, 0.1) is 0 Å². The monoisotopic (exact) mass is 175 g/mol. The normalized spacial score (nSPS) is 9.62. The molecule has 1 aromatic carbocycles. The lowest BCUT2D eigenvalue weighted by Crippen LogP contribution is -2.24. The second-order valence-corrected chi connectivity index (χ2v) is 3.02. The predicted molar refractivity (Wildman–Crippen MR) is 58.5 cm³/mol. The Labute approximate surface area is 79.1 Å². The molecule has 0 saturated heterocycles. The third-order valence-corrected chi connectivity index (χ3v) is 2.01. The fraction of sp³-hybridized carbons (Fsp3) is 0.125. The molecule has 1 rings (SSSR count). The van der Waals surface area contributed by atoms with Crippen LogP contribution in [0.4, 0.5) is 5.69 Å². The largest absolute Gasteiger partial charge is 0.465 e. The summed E-state index contributed by atoms with van der Waals surface area (Å²) in [7, 11) is 5.10. The van der Waals surface area contributed by atoms with E-state index in [1.165, 1.54) is 7.11 Å². The summed E-state index contributed by atoms with van der Waals surface area (Å²) in [6, 6.07) is 3.46. The highest BCUT2D eigenvalue weighted by atomic mass is 16.5. The zero-order chi connectivity index (χ0) is 10.0. The van der Waals surface area contributed by atoms with Crippen LogP contribution >= 0.6 is 0 Å². The third-order valence-electron chi connectivity index (χ3n) is 2.01. The van der Waals surface area contributed by atoms with Gasteiger partial charge in [-0.05, 0) is 0 Å². The number of benzene rings is 1. The maximum atomic E-state index is 11.2. The van der Waals surface area contributed by atoms with Gasteiger partial charge in [0.05, 0.1) is 12.7 Å². The number of ether oxygens (including phenoxy) is 1. The van der Waals surface area contributed by atoms with Crippen LogP contribution in [0.5, 0.6) is 0 Å². The number of esters is 1. The lowest BCUT2D eigenvalue weighted by molar-refractivity contribution is 0.0601. The predicted octanol–water partition coefficient (Wildman–Crippen LogP) is -2.43. The molecule has 0 radical (unpaired) electrons. The molecule has 1 aromatic rings. The van der Waals surface area contributed by atoms with Gasteiger partial charge in [0.1, 0.15) is 15.7 Å². The van der Waals surface area contributed by atoms with Crippen molar-refractivity contribution in [2.75, 3.05) is 12.8 Å². The summed E-state index contributed by atoms with van der Waals surface area (Å²) in [6.07, 6.45) is 0. The maximum absolute atomic E-state index is 11.2. The molecule has 0 unspecified atom stereocenters. The third kappa shape index (κ3) is 1.86. The first-order valence-electron chi connectivity index (χ1n) is 4.01. The SMILES string of the molecule is Bc1cc(C(=O)OC)cc(B)c1N. The molecule has 3 nitrogen and oxygen atoms in total. The summed E-state index contributed by atoms with van der Waals surface area (Å²) < 4.78 is 4.61. The number of rotatable bonds is 1. The van der Waals surface area contributed by atoms with Crippen LogP contribution < -0.4 is 16.7 Å². The van der Waals surface area contributed by atoms with Crippen molar-refractivity contribution in [2.24, 2.45) is 0 Å². The molecule has 0 aliphatic carbocycles. The van der Waals surface area contributed by atoms with Crippen molar-refractivity contribution in [1.82, 2.24) is 0 Å². The van der Waals surface area contributed by atoms with Crippen LogP contribution in [0.1, 0.15) is 10.4 Å². The Morgan fingerprint density at radius 2 is 1.85 bits per heavy atom. The first kappa shape index (κ1) is 9.71. The van der Waals surface area contributed by atoms with Crippen molar-refractivity contribution in [1.29, 1.82) is 0 Å². The molecule has 2 N–H and O–H groups in total. The Balaban J connectivity index is 3.20. The van der Waals surface area contributed by atoms with Gasteiger partial charge in [0.25, 0.3) is 0 Å². The topological polar surface area (TPSA) is 52.3 Å². The van der Waals surface area contributed by atoms with E-state index in [-0.39, 0.29) is 5.97 Å². The van der Waals surface area contributed by atoms with Gasteiger partial charge >= 0.3 is 5.97 Å². The van der Waals surface area contributed by atoms with Crippen molar-refractivity contribution >= 4 is 38.3 Å². The summed E-state index contributed by atoms with van der Waals surface area (Å²) >= 11 is 0. The molecule has 0 spiro atoms. The zero-order valence-electron chi connectivity index (χ0n) is 8.05. The molecule has 0 amide bonds. The summed E-state index contributed by atoms with van der Waals surface area (Å²) in [6.45, 7) is 0. The van der Waals surface area contributed by atoms with E-state index in [2.05, 4.69) is 4.74 Å². The van der Waals surface area contributed by atoms with Crippen LogP contribution in [0.15, 0.2) is 12.1 Å². The maximum Gasteiger partial charge on any atom is 0.337 e. The smallest absolute Gasteiger partial charge is 0.337 e. The first-order chi connectivity index (χ1) is 6.06. The Morgan fingerprint density at radius 1 is 1.38 bits per heavy atom. The van der Waals surface area contributed by atoms with E-state index in [0.29, 0.717) is 5.56 Å². The summed E-state index contributed by atoms with van der Waals surface area (Å²) in [5.41, 5.74) is 8.82. The minimum atomic E-state index is -0.328. The number of hydrogen-bond acceptors (Lipinski definition) is 3. The molecule has 13 heavy (non-hydrogen) atoms. The van der Waals surface area contributed by atoms with E-state index in [1.807, 2.05) is 15.7 Å². The quantitative estimate of drug-likeness (QED) is 0.293. The summed E-state index contributed by atoms with van der Waals surface area (Å²) in [5.74, 6) is -0.328. The van der Waals surface area contributed by atoms with E-state index < -0.39 is 0 Å². The molecule has 66 valence electrons. The van der Waals surface area contributed by atoms with Crippen LogP contribution in [-0.2, 0) is 4.74 Å². The Kier molecular flexibility index (Phi) is 2.66. The number of anilines is 1. The molecular formula is C8H11B2NO2. The van der Waals surface area contributed by atoms with Gasteiger partial charge in [0.15, 0.2) is 0 Å². The fourth-order valence-electron chi connectivity index (χ4n) is 1.21. The van der Waals surface area contributed by atoms with Crippen LogP contribution in [0.25, 0.3) is 0 Å². The molecule has 0 bridgehead atoms. The Morgan fingerprint density at radius 3 is 2.23 bits per heavy atom.